The summed E-state index contributed by atoms with van der Waals surface area (Å²) >= 11 is 3.26. The molecule has 0 aliphatic heterocycles. The molecule has 0 aliphatic carbocycles. The number of hydrogen-bond donors (Lipinski definition) is 3. The van der Waals surface area contributed by atoms with Crippen molar-refractivity contribution in [3.05, 3.63) is 58.6 Å². The molecule has 0 radical (unpaired) electrons. The molecule has 29 heavy (non-hydrogen) atoms. The fourth-order valence-corrected chi connectivity index (χ4v) is 4.13. The zero-order valence-electron chi connectivity index (χ0n) is 15.9. The first-order chi connectivity index (χ1) is 13.7. The number of carboxylic acid groups (broad SMARTS) is 1. The van der Waals surface area contributed by atoms with Crippen LogP contribution in [0, 0.1) is 0 Å². The molecule has 2 aromatic rings. The number of amides is 1. The zero-order valence-corrected chi connectivity index (χ0v) is 18.3. The van der Waals surface area contributed by atoms with Gasteiger partial charge in [-0.25, -0.2) is 8.42 Å². The minimum atomic E-state index is -3.86. The first-order valence-electron chi connectivity index (χ1n) is 9.10. The Bertz CT molecular complexity index is 944. The van der Waals surface area contributed by atoms with Crippen LogP contribution in [0.2, 0.25) is 0 Å². The fourth-order valence-electron chi connectivity index (χ4n) is 2.63. The molecule has 0 heterocycles. The summed E-state index contributed by atoms with van der Waals surface area (Å²) in [5, 5.41) is 11.5. The third kappa shape index (κ3) is 7.26. The third-order valence-electron chi connectivity index (χ3n) is 4.16. The molecular weight excluding hydrogens is 460 g/mol. The number of benzene rings is 2. The highest BCUT2D eigenvalue weighted by Crippen LogP contribution is 2.17. The van der Waals surface area contributed by atoms with Crippen molar-refractivity contribution in [2.24, 2.45) is 0 Å². The highest BCUT2D eigenvalue weighted by atomic mass is 79.9. The molecule has 1 atom stereocenters. The highest BCUT2D eigenvalue weighted by Gasteiger charge is 2.25. The summed E-state index contributed by atoms with van der Waals surface area (Å²) in [5.74, 6) is -1.41. The predicted molar refractivity (Wildman–Crippen MR) is 114 cm³/mol. The van der Waals surface area contributed by atoms with Gasteiger partial charge in [-0.2, -0.15) is 4.72 Å². The number of aliphatic carboxylic acids is 1. The van der Waals surface area contributed by atoms with Crippen molar-refractivity contribution < 1.29 is 23.1 Å². The number of halogens is 1. The second-order valence-corrected chi connectivity index (χ2v) is 9.16. The quantitative estimate of drug-likeness (QED) is 0.479. The van der Waals surface area contributed by atoms with Crippen molar-refractivity contribution in [1.29, 1.82) is 0 Å². The van der Waals surface area contributed by atoms with Crippen molar-refractivity contribution in [3.8, 4) is 0 Å². The average Bonchev–Trinajstić information content (AvgIpc) is 2.66. The van der Waals surface area contributed by atoms with Gasteiger partial charge in [0.05, 0.1) is 11.3 Å². The number of hydrogen-bond acceptors (Lipinski definition) is 4. The van der Waals surface area contributed by atoms with Crippen LogP contribution >= 0.6 is 15.9 Å². The summed E-state index contributed by atoms with van der Waals surface area (Å²) in [5.41, 5.74) is 1.07. The molecule has 0 spiro atoms. The molecule has 1 amide bonds. The first-order valence-corrected chi connectivity index (χ1v) is 11.4. The van der Waals surface area contributed by atoms with Gasteiger partial charge in [0.2, 0.25) is 15.9 Å². The van der Waals surface area contributed by atoms with Crippen molar-refractivity contribution >= 4 is 43.5 Å². The molecule has 0 aromatic heterocycles. The Kier molecular flexibility index (Phi) is 8.36. The number of unbranched alkanes of at least 4 members (excludes halogenated alkanes) is 1. The van der Waals surface area contributed by atoms with E-state index in [0.29, 0.717) is 24.1 Å². The fraction of sp³-hybridized carbons (Fsp3) is 0.300. The number of carboxylic acids is 1. The summed E-state index contributed by atoms with van der Waals surface area (Å²) in [4.78, 5) is 23.5. The molecule has 3 N–H and O–H groups in total. The normalized spacial score (nSPS) is 12.3. The Hall–Kier alpha value is -2.23. The van der Waals surface area contributed by atoms with Gasteiger partial charge in [0, 0.05) is 10.2 Å². The second-order valence-electron chi connectivity index (χ2n) is 6.53. The summed E-state index contributed by atoms with van der Waals surface area (Å²) in [7, 11) is -3.86. The van der Waals surface area contributed by atoms with Gasteiger partial charge in [-0.3, -0.25) is 9.59 Å². The Morgan fingerprint density at radius 1 is 1.07 bits per heavy atom. The maximum Gasteiger partial charge on any atom is 0.307 e. The third-order valence-corrected chi connectivity index (χ3v) is 6.18. The molecule has 2 aromatic carbocycles. The van der Waals surface area contributed by atoms with Crippen LogP contribution in [-0.2, 0) is 26.0 Å². The van der Waals surface area contributed by atoms with Gasteiger partial charge in [-0.05, 0) is 48.4 Å². The number of carbonyl (C=O) groups is 2. The highest BCUT2D eigenvalue weighted by molar-refractivity contribution is 9.10. The maximum absolute atomic E-state index is 12.7. The van der Waals surface area contributed by atoms with Crippen molar-refractivity contribution in [2.45, 2.75) is 43.5 Å². The Labute approximate surface area is 178 Å². The molecule has 0 aliphatic rings. The van der Waals surface area contributed by atoms with E-state index in [1.54, 1.807) is 36.4 Å². The lowest BCUT2D eigenvalue weighted by Gasteiger charge is -2.18. The molecule has 156 valence electrons. The summed E-state index contributed by atoms with van der Waals surface area (Å²) in [6.45, 7) is 1.96. The Balaban J connectivity index is 2.12. The van der Waals surface area contributed by atoms with Crippen molar-refractivity contribution in [1.82, 2.24) is 4.72 Å². The lowest BCUT2D eigenvalue weighted by molar-refractivity contribution is -0.136. The molecule has 0 fully saturated rings. The van der Waals surface area contributed by atoms with E-state index in [0.717, 1.165) is 10.9 Å². The molecule has 7 nitrogen and oxygen atoms in total. The van der Waals surface area contributed by atoms with E-state index in [2.05, 4.69) is 26.0 Å². The second kappa shape index (κ2) is 10.5. The van der Waals surface area contributed by atoms with E-state index < -0.39 is 27.9 Å². The van der Waals surface area contributed by atoms with Crippen LogP contribution in [0.5, 0.6) is 0 Å². The van der Waals surface area contributed by atoms with Gasteiger partial charge >= 0.3 is 5.97 Å². The SMILES string of the molecule is CCCC[C@H](NS(=O)(=O)c1ccc(Br)cc1)C(=O)Nc1ccc(CC(=O)O)cc1. The largest absolute Gasteiger partial charge is 0.481 e. The standard InChI is InChI=1S/C20H23BrN2O5S/c1-2-3-4-18(23-29(27,28)17-11-7-15(21)8-12-17)20(26)22-16-9-5-14(6-10-16)13-19(24)25/h5-12,18,23H,2-4,13H2,1H3,(H,22,26)(H,24,25)/t18-/m0/s1. The number of nitrogens with one attached hydrogen (secondary N) is 2. The van der Waals surface area contributed by atoms with Crippen LogP contribution in [0.4, 0.5) is 5.69 Å². The monoisotopic (exact) mass is 482 g/mol. The van der Waals surface area contributed by atoms with E-state index in [4.69, 9.17) is 5.11 Å². The van der Waals surface area contributed by atoms with Gasteiger partial charge < -0.3 is 10.4 Å². The van der Waals surface area contributed by atoms with Crippen LogP contribution in [0.1, 0.15) is 31.7 Å². The minimum absolute atomic E-state index is 0.0769. The molecular formula is C20H23BrN2O5S. The predicted octanol–water partition coefficient (Wildman–Crippen LogP) is 3.55. The summed E-state index contributed by atoms with van der Waals surface area (Å²) in [6, 6.07) is 11.6. The number of sulfonamides is 1. The smallest absolute Gasteiger partial charge is 0.307 e. The average molecular weight is 483 g/mol. The van der Waals surface area contributed by atoms with Crippen LogP contribution in [-0.4, -0.2) is 31.4 Å². The van der Waals surface area contributed by atoms with Crippen molar-refractivity contribution in [3.63, 3.8) is 0 Å². The van der Waals surface area contributed by atoms with Crippen LogP contribution in [0.3, 0.4) is 0 Å². The number of carbonyl (C=O) groups excluding carboxylic acids is 1. The van der Waals surface area contributed by atoms with E-state index in [-0.39, 0.29) is 11.3 Å². The maximum atomic E-state index is 12.7. The van der Waals surface area contributed by atoms with Gasteiger partial charge in [0.1, 0.15) is 6.04 Å². The molecule has 0 bridgehead atoms. The van der Waals surface area contributed by atoms with Crippen molar-refractivity contribution in [2.75, 3.05) is 5.32 Å². The van der Waals surface area contributed by atoms with Crippen LogP contribution in [0.25, 0.3) is 0 Å². The van der Waals surface area contributed by atoms with Gasteiger partial charge in [0.15, 0.2) is 0 Å². The topological polar surface area (TPSA) is 113 Å². The summed E-state index contributed by atoms with van der Waals surface area (Å²) < 4.78 is 28.6. The minimum Gasteiger partial charge on any atom is -0.481 e. The van der Waals surface area contributed by atoms with Crippen LogP contribution in [0.15, 0.2) is 57.9 Å². The van der Waals surface area contributed by atoms with E-state index in [1.165, 1.54) is 12.1 Å². The Morgan fingerprint density at radius 3 is 2.24 bits per heavy atom. The van der Waals surface area contributed by atoms with E-state index in [9.17, 15) is 18.0 Å². The van der Waals surface area contributed by atoms with E-state index >= 15 is 0 Å². The Morgan fingerprint density at radius 2 is 1.69 bits per heavy atom. The molecule has 0 unspecified atom stereocenters. The molecule has 2 rings (SSSR count). The number of anilines is 1. The van der Waals surface area contributed by atoms with E-state index in [1.807, 2.05) is 6.92 Å². The molecule has 0 saturated carbocycles. The number of rotatable bonds is 10. The molecule has 0 saturated heterocycles. The van der Waals surface area contributed by atoms with Crippen LogP contribution < -0.4 is 10.0 Å². The zero-order chi connectivity index (χ0) is 21.4. The summed E-state index contributed by atoms with van der Waals surface area (Å²) in [6.07, 6.45) is 1.74. The lowest BCUT2D eigenvalue weighted by Crippen LogP contribution is -2.43. The molecule has 9 heteroatoms. The lowest BCUT2D eigenvalue weighted by atomic mass is 10.1. The first kappa shape index (κ1) is 23.1. The van der Waals surface area contributed by atoms with Gasteiger partial charge in [0.25, 0.3) is 0 Å². The van der Waals surface area contributed by atoms with Gasteiger partial charge in [-0.1, -0.05) is 47.8 Å². The van der Waals surface area contributed by atoms with Gasteiger partial charge in [-0.15, -0.1) is 0 Å².